The second-order valence-corrected chi connectivity index (χ2v) is 8.56. The van der Waals surface area contributed by atoms with E-state index in [-0.39, 0.29) is 0 Å². The monoisotopic (exact) mass is 331 g/mol. The molecule has 0 radical (unpaired) electrons. The molecule has 0 aromatic carbocycles. The smallest absolute Gasteiger partial charge is 0.147 e. The highest BCUT2D eigenvalue weighted by molar-refractivity contribution is 7.11. The van der Waals surface area contributed by atoms with Crippen LogP contribution < -0.4 is 5.73 Å². The molecule has 5 nitrogen and oxygen atoms in total. The SMILES string of the molecule is Cc1ccc(CN(C)Cc2nnc(C3CC(N)C3)n2C2CC2)s1. The van der Waals surface area contributed by atoms with Crippen LogP contribution in [0.3, 0.4) is 0 Å². The highest BCUT2D eigenvalue weighted by Gasteiger charge is 2.36. The second kappa shape index (κ2) is 6.00. The van der Waals surface area contributed by atoms with Gasteiger partial charge in [0.05, 0.1) is 6.54 Å². The predicted molar refractivity (Wildman–Crippen MR) is 92.5 cm³/mol. The summed E-state index contributed by atoms with van der Waals surface area (Å²) in [5.74, 6) is 2.83. The van der Waals surface area contributed by atoms with E-state index in [2.05, 4.69) is 45.8 Å². The quantitative estimate of drug-likeness (QED) is 0.884. The first-order chi connectivity index (χ1) is 11.1. The minimum atomic E-state index is 0.359. The van der Waals surface area contributed by atoms with Gasteiger partial charge in [-0.15, -0.1) is 21.5 Å². The van der Waals surface area contributed by atoms with Crippen molar-refractivity contribution in [3.05, 3.63) is 33.5 Å². The largest absolute Gasteiger partial charge is 0.328 e. The first-order valence-corrected chi connectivity index (χ1v) is 9.35. The van der Waals surface area contributed by atoms with Gasteiger partial charge in [0.1, 0.15) is 11.6 Å². The van der Waals surface area contributed by atoms with Gasteiger partial charge in [-0.25, -0.2) is 0 Å². The maximum Gasteiger partial charge on any atom is 0.147 e. The van der Waals surface area contributed by atoms with Crippen molar-refractivity contribution in [2.45, 2.75) is 63.7 Å². The van der Waals surface area contributed by atoms with Gasteiger partial charge in [-0.2, -0.15) is 0 Å². The normalized spacial score (nSPS) is 24.2. The van der Waals surface area contributed by atoms with Crippen molar-refractivity contribution in [2.24, 2.45) is 5.73 Å². The number of aryl methyl sites for hydroxylation is 1. The van der Waals surface area contributed by atoms with E-state index in [1.807, 2.05) is 11.3 Å². The predicted octanol–water partition coefficient (Wildman–Crippen LogP) is 2.82. The zero-order valence-electron chi connectivity index (χ0n) is 13.9. The summed E-state index contributed by atoms with van der Waals surface area (Å²) in [5, 5.41) is 9.06. The average Bonchev–Trinajstić information content (AvgIpc) is 3.11. The van der Waals surface area contributed by atoms with Gasteiger partial charge in [0.2, 0.25) is 0 Å². The molecule has 2 saturated carbocycles. The molecule has 0 unspecified atom stereocenters. The summed E-state index contributed by atoms with van der Waals surface area (Å²) in [6.07, 6.45) is 4.67. The molecule has 4 rings (SSSR count). The molecule has 2 aliphatic carbocycles. The molecule has 2 heterocycles. The number of nitrogens with zero attached hydrogens (tertiary/aromatic N) is 4. The molecule has 0 atom stereocenters. The topological polar surface area (TPSA) is 60.0 Å². The molecule has 0 amide bonds. The summed E-state index contributed by atoms with van der Waals surface area (Å²) in [6, 6.07) is 5.41. The van der Waals surface area contributed by atoms with Crippen LogP contribution in [0.1, 0.15) is 59.0 Å². The lowest BCUT2D eigenvalue weighted by atomic mass is 9.80. The van der Waals surface area contributed by atoms with E-state index in [4.69, 9.17) is 5.73 Å². The number of aromatic nitrogens is 3. The fraction of sp³-hybridized carbons (Fsp3) is 0.647. The number of thiophene rings is 1. The Bertz CT molecular complexity index is 681. The van der Waals surface area contributed by atoms with E-state index in [9.17, 15) is 0 Å². The Morgan fingerprint density at radius 1 is 1.26 bits per heavy atom. The third kappa shape index (κ3) is 3.20. The van der Waals surface area contributed by atoms with Gasteiger partial charge in [0, 0.05) is 34.3 Å². The molecular weight excluding hydrogens is 306 g/mol. The van der Waals surface area contributed by atoms with Crippen molar-refractivity contribution in [2.75, 3.05) is 7.05 Å². The van der Waals surface area contributed by atoms with Gasteiger partial charge in [-0.05, 0) is 51.8 Å². The van der Waals surface area contributed by atoms with Gasteiger partial charge in [0.25, 0.3) is 0 Å². The van der Waals surface area contributed by atoms with Crippen molar-refractivity contribution in [3.8, 4) is 0 Å². The van der Waals surface area contributed by atoms with Crippen molar-refractivity contribution in [3.63, 3.8) is 0 Å². The van der Waals surface area contributed by atoms with Crippen LogP contribution >= 0.6 is 11.3 Å². The molecule has 0 bridgehead atoms. The summed E-state index contributed by atoms with van der Waals surface area (Å²) in [6.45, 7) is 3.99. The highest BCUT2D eigenvalue weighted by atomic mass is 32.1. The number of hydrogen-bond donors (Lipinski definition) is 1. The van der Waals surface area contributed by atoms with Crippen LogP contribution in [0.15, 0.2) is 12.1 Å². The minimum absolute atomic E-state index is 0.359. The zero-order valence-corrected chi connectivity index (χ0v) is 14.7. The molecule has 2 aromatic heterocycles. The molecule has 2 fully saturated rings. The Balaban J connectivity index is 1.47. The van der Waals surface area contributed by atoms with Crippen LogP contribution in [0, 0.1) is 6.92 Å². The third-order valence-electron chi connectivity index (χ3n) is 4.88. The van der Waals surface area contributed by atoms with Gasteiger partial charge in [0.15, 0.2) is 0 Å². The summed E-state index contributed by atoms with van der Waals surface area (Å²) in [5.41, 5.74) is 5.96. The zero-order chi connectivity index (χ0) is 16.0. The molecule has 0 saturated heterocycles. The molecule has 23 heavy (non-hydrogen) atoms. The Hall–Kier alpha value is -1.24. The Morgan fingerprint density at radius 2 is 2.04 bits per heavy atom. The first-order valence-electron chi connectivity index (χ1n) is 8.53. The van der Waals surface area contributed by atoms with Gasteiger partial charge < -0.3 is 10.3 Å². The summed E-state index contributed by atoms with van der Waals surface area (Å²) in [4.78, 5) is 5.12. The molecular formula is C17H25N5S. The van der Waals surface area contributed by atoms with Crippen molar-refractivity contribution < 1.29 is 0 Å². The average molecular weight is 331 g/mol. The van der Waals surface area contributed by atoms with E-state index in [0.29, 0.717) is 18.0 Å². The molecule has 0 aliphatic heterocycles. The third-order valence-corrected chi connectivity index (χ3v) is 5.86. The van der Waals surface area contributed by atoms with Crippen molar-refractivity contribution in [1.82, 2.24) is 19.7 Å². The fourth-order valence-corrected chi connectivity index (χ4v) is 4.43. The summed E-state index contributed by atoms with van der Waals surface area (Å²) >= 11 is 1.87. The second-order valence-electron chi connectivity index (χ2n) is 7.19. The molecule has 2 N–H and O–H groups in total. The van der Waals surface area contributed by atoms with Crippen LogP contribution in [-0.4, -0.2) is 32.8 Å². The Kier molecular flexibility index (Phi) is 3.99. The van der Waals surface area contributed by atoms with E-state index < -0.39 is 0 Å². The van der Waals surface area contributed by atoms with E-state index in [1.54, 1.807) is 0 Å². The maximum absolute atomic E-state index is 5.96. The van der Waals surface area contributed by atoms with Crippen molar-refractivity contribution in [1.29, 1.82) is 0 Å². The van der Waals surface area contributed by atoms with Crippen LogP contribution in [0.4, 0.5) is 0 Å². The minimum Gasteiger partial charge on any atom is -0.328 e. The van der Waals surface area contributed by atoms with Crippen LogP contribution in [-0.2, 0) is 13.1 Å². The summed E-state index contributed by atoms with van der Waals surface area (Å²) in [7, 11) is 2.17. The van der Waals surface area contributed by atoms with E-state index in [1.165, 1.54) is 28.4 Å². The molecule has 2 aliphatic rings. The lowest BCUT2D eigenvalue weighted by Gasteiger charge is -2.32. The van der Waals surface area contributed by atoms with Crippen LogP contribution in [0.25, 0.3) is 0 Å². The van der Waals surface area contributed by atoms with Crippen molar-refractivity contribution >= 4 is 11.3 Å². The van der Waals surface area contributed by atoms with E-state index in [0.717, 1.165) is 31.8 Å². The van der Waals surface area contributed by atoms with Gasteiger partial charge >= 0.3 is 0 Å². The van der Waals surface area contributed by atoms with Gasteiger partial charge in [-0.3, -0.25) is 4.90 Å². The number of nitrogens with two attached hydrogens (primary N) is 1. The van der Waals surface area contributed by atoms with Gasteiger partial charge in [-0.1, -0.05) is 0 Å². The highest BCUT2D eigenvalue weighted by Crippen LogP contribution is 2.42. The van der Waals surface area contributed by atoms with Crippen LogP contribution in [0.5, 0.6) is 0 Å². The molecule has 124 valence electrons. The standard InChI is InChI=1S/C17H25N5S/c1-11-3-6-15(23-11)9-21(2)10-16-19-20-17(12-7-13(18)8-12)22(16)14-4-5-14/h3,6,12-14H,4-5,7-10,18H2,1-2H3. The molecule has 6 heteroatoms. The Labute approximate surface area is 141 Å². The lowest BCUT2D eigenvalue weighted by Crippen LogP contribution is -2.36. The lowest BCUT2D eigenvalue weighted by molar-refractivity contribution is 0.301. The number of hydrogen-bond acceptors (Lipinski definition) is 5. The van der Waals surface area contributed by atoms with Crippen LogP contribution in [0.2, 0.25) is 0 Å². The molecule has 2 aromatic rings. The Morgan fingerprint density at radius 3 is 2.65 bits per heavy atom. The molecule has 0 spiro atoms. The maximum atomic E-state index is 5.96. The van der Waals surface area contributed by atoms with E-state index >= 15 is 0 Å². The summed E-state index contributed by atoms with van der Waals surface area (Å²) < 4.78 is 2.42. The first kappa shape index (κ1) is 15.3. The fourth-order valence-electron chi connectivity index (χ4n) is 3.46. The number of rotatable bonds is 6.